The molecule has 1 amide bonds. The normalized spacial score (nSPS) is 11.1. The van der Waals surface area contributed by atoms with E-state index in [0.29, 0.717) is 17.7 Å². The Hall–Kier alpha value is -2.85. The van der Waals surface area contributed by atoms with Gasteiger partial charge in [-0.15, -0.1) is 10.2 Å². The maximum Gasteiger partial charge on any atom is 0.263 e. The van der Waals surface area contributed by atoms with Crippen molar-refractivity contribution >= 4 is 38.1 Å². The van der Waals surface area contributed by atoms with Crippen molar-refractivity contribution < 1.29 is 13.2 Å². The zero-order valence-corrected chi connectivity index (χ0v) is 15.3. The van der Waals surface area contributed by atoms with Crippen LogP contribution in [0.15, 0.2) is 53.7 Å². The Bertz CT molecular complexity index is 1000. The van der Waals surface area contributed by atoms with Crippen LogP contribution in [-0.4, -0.2) is 29.5 Å². The highest BCUT2D eigenvalue weighted by Crippen LogP contribution is 2.21. The van der Waals surface area contributed by atoms with Gasteiger partial charge >= 0.3 is 0 Å². The van der Waals surface area contributed by atoms with Crippen LogP contribution in [0.2, 0.25) is 0 Å². The molecule has 0 atom stereocenters. The smallest absolute Gasteiger partial charge is 0.263 e. The number of hydrogen-bond donors (Lipinski definition) is 2. The minimum atomic E-state index is -3.77. The first-order valence-electron chi connectivity index (χ1n) is 7.64. The van der Waals surface area contributed by atoms with Gasteiger partial charge in [0.1, 0.15) is 5.01 Å². The zero-order valence-electron chi connectivity index (χ0n) is 13.7. The summed E-state index contributed by atoms with van der Waals surface area (Å²) in [5.74, 6) is -0.304. The van der Waals surface area contributed by atoms with E-state index in [1.165, 1.54) is 48.0 Å². The quantitative estimate of drug-likeness (QED) is 0.670. The van der Waals surface area contributed by atoms with Crippen LogP contribution >= 0.6 is 11.3 Å². The third kappa shape index (κ3) is 4.21. The van der Waals surface area contributed by atoms with Crippen LogP contribution in [0.4, 0.5) is 10.8 Å². The van der Waals surface area contributed by atoms with E-state index in [4.69, 9.17) is 0 Å². The first-order valence-corrected chi connectivity index (χ1v) is 9.94. The van der Waals surface area contributed by atoms with Gasteiger partial charge in [0, 0.05) is 23.6 Å². The number of carbonyl (C=O) groups is 1. The molecule has 26 heavy (non-hydrogen) atoms. The fourth-order valence-electron chi connectivity index (χ4n) is 2.04. The molecular formula is C16H15N5O3S2. The average Bonchev–Trinajstić information content (AvgIpc) is 3.10. The van der Waals surface area contributed by atoms with E-state index in [1.54, 1.807) is 12.1 Å². The Morgan fingerprint density at radius 2 is 1.77 bits per heavy atom. The molecule has 2 heterocycles. The molecule has 0 spiro atoms. The van der Waals surface area contributed by atoms with Crippen LogP contribution in [0.1, 0.15) is 22.3 Å². The number of benzene rings is 1. The summed E-state index contributed by atoms with van der Waals surface area (Å²) in [5.41, 5.74) is 0.941. The van der Waals surface area contributed by atoms with E-state index in [1.807, 2.05) is 6.92 Å². The van der Waals surface area contributed by atoms with Gasteiger partial charge in [-0.05, 0) is 42.8 Å². The lowest BCUT2D eigenvalue weighted by atomic mass is 10.2. The van der Waals surface area contributed by atoms with Crippen molar-refractivity contribution in [3.05, 3.63) is 59.4 Å². The van der Waals surface area contributed by atoms with Gasteiger partial charge in [0.05, 0.1) is 4.90 Å². The van der Waals surface area contributed by atoms with Crippen molar-refractivity contribution in [2.45, 2.75) is 18.2 Å². The van der Waals surface area contributed by atoms with Crippen LogP contribution in [-0.2, 0) is 16.4 Å². The Balaban J connectivity index is 1.71. The first-order chi connectivity index (χ1) is 12.5. The molecule has 2 aromatic heterocycles. The Morgan fingerprint density at radius 3 is 2.38 bits per heavy atom. The Labute approximate surface area is 154 Å². The van der Waals surface area contributed by atoms with Gasteiger partial charge in [-0.2, -0.15) is 0 Å². The lowest BCUT2D eigenvalue weighted by Crippen LogP contribution is -2.14. The second-order valence-corrected chi connectivity index (χ2v) is 7.92. The fourth-order valence-corrected chi connectivity index (χ4v) is 3.95. The van der Waals surface area contributed by atoms with Crippen LogP contribution in [0.25, 0.3) is 0 Å². The van der Waals surface area contributed by atoms with Crippen LogP contribution in [0, 0.1) is 0 Å². The van der Waals surface area contributed by atoms with Gasteiger partial charge in [-0.3, -0.25) is 14.5 Å². The summed E-state index contributed by atoms with van der Waals surface area (Å²) in [7, 11) is -3.77. The topological polar surface area (TPSA) is 114 Å². The summed E-state index contributed by atoms with van der Waals surface area (Å²) in [4.78, 5) is 16.0. The maximum absolute atomic E-state index is 12.4. The van der Waals surface area contributed by atoms with E-state index >= 15 is 0 Å². The predicted molar refractivity (Wildman–Crippen MR) is 98.7 cm³/mol. The summed E-state index contributed by atoms with van der Waals surface area (Å²) >= 11 is 1.19. The molecule has 0 radical (unpaired) electrons. The second kappa shape index (κ2) is 7.58. The molecule has 0 saturated carbocycles. The molecule has 0 bridgehead atoms. The van der Waals surface area contributed by atoms with Crippen LogP contribution < -0.4 is 10.0 Å². The molecule has 3 rings (SSSR count). The molecule has 134 valence electrons. The van der Waals surface area contributed by atoms with E-state index < -0.39 is 10.0 Å². The first kappa shape index (κ1) is 18.0. The summed E-state index contributed by atoms with van der Waals surface area (Å²) < 4.78 is 27.2. The minimum Gasteiger partial charge on any atom is -0.322 e. The highest BCUT2D eigenvalue weighted by atomic mass is 32.2. The highest BCUT2D eigenvalue weighted by molar-refractivity contribution is 7.93. The van der Waals surface area contributed by atoms with Crippen LogP contribution in [0.3, 0.4) is 0 Å². The molecule has 8 nitrogen and oxygen atoms in total. The summed E-state index contributed by atoms with van der Waals surface area (Å²) in [6, 6.07) is 9.03. The van der Waals surface area contributed by atoms with Crippen molar-refractivity contribution in [3.63, 3.8) is 0 Å². The molecule has 1 aromatic carbocycles. The van der Waals surface area contributed by atoms with Crippen LogP contribution in [0.5, 0.6) is 0 Å². The molecule has 3 aromatic rings. The third-order valence-electron chi connectivity index (χ3n) is 3.36. The number of carbonyl (C=O) groups excluding carboxylic acids is 1. The highest BCUT2D eigenvalue weighted by Gasteiger charge is 2.17. The monoisotopic (exact) mass is 389 g/mol. The fraction of sp³-hybridized carbons (Fsp3) is 0.125. The number of hydrogen-bond acceptors (Lipinski definition) is 7. The van der Waals surface area contributed by atoms with Gasteiger partial charge in [0.15, 0.2) is 0 Å². The molecular weight excluding hydrogens is 374 g/mol. The lowest BCUT2D eigenvalue weighted by molar-refractivity contribution is 0.102. The molecule has 0 aliphatic carbocycles. The van der Waals surface area contributed by atoms with E-state index in [9.17, 15) is 13.2 Å². The number of rotatable bonds is 6. The number of amides is 1. The molecule has 0 unspecified atom stereocenters. The van der Waals surface area contributed by atoms with E-state index in [2.05, 4.69) is 25.2 Å². The van der Waals surface area contributed by atoms with Crippen molar-refractivity contribution in [1.29, 1.82) is 0 Å². The van der Waals surface area contributed by atoms with Gasteiger partial charge in [0.2, 0.25) is 5.13 Å². The van der Waals surface area contributed by atoms with Crippen molar-refractivity contribution in [3.8, 4) is 0 Å². The minimum absolute atomic E-state index is 0.0626. The Kier molecular flexibility index (Phi) is 5.24. The number of sulfonamides is 1. The summed E-state index contributed by atoms with van der Waals surface area (Å²) in [6.45, 7) is 1.91. The number of pyridine rings is 1. The Morgan fingerprint density at radius 1 is 1.08 bits per heavy atom. The lowest BCUT2D eigenvalue weighted by Gasteiger charge is -2.07. The number of anilines is 2. The van der Waals surface area contributed by atoms with Crippen molar-refractivity contribution in [2.75, 3.05) is 10.0 Å². The molecule has 0 fully saturated rings. The third-order valence-corrected chi connectivity index (χ3v) is 5.82. The van der Waals surface area contributed by atoms with Crippen molar-refractivity contribution in [1.82, 2.24) is 15.2 Å². The molecule has 0 saturated heterocycles. The summed E-state index contributed by atoms with van der Waals surface area (Å²) in [6.07, 6.45) is 3.73. The van der Waals surface area contributed by atoms with E-state index in [-0.39, 0.29) is 15.9 Å². The van der Waals surface area contributed by atoms with Gasteiger partial charge in [-0.1, -0.05) is 18.3 Å². The second-order valence-electron chi connectivity index (χ2n) is 5.17. The van der Waals surface area contributed by atoms with Crippen molar-refractivity contribution in [2.24, 2.45) is 0 Å². The number of aromatic nitrogens is 3. The van der Waals surface area contributed by atoms with Gasteiger partial charge in [-0.25, -0.2) is 8.42 Å². The predicted octanol–water partition coefficient (Wildman–Crippen LogP) is 2.55. The SMILES string of the molecule is CCc1nnc(NS(=O)(=O)c2ccc(NC(=O)c3ccncc3)cc2)s1. The molecule has 0 aliphatic heterocycles. The standard InChI is InChI=1S/C16H15N5O3S2/c1-2-14-19-20-16(25-14)21-26(23,24)13-5-3-12(4-6-13)18-15(22)11-7-9-17-10-8-11/h3-10H,2H2,1H3,(H,18,22)(H,20,21). The average molecular weight is 389 g/mol. The van der Waals surface area contributed by atoms with E-state index in [0.717, 1.165) is 5.01 Å². The summed E-state index contributed by atoms with van der Waals surface area (Å²) in [5, 5.41) is 11.3. The number of nitrogens with one attached hydrogen (secondary N) is 2. The number of nitrogens with zero attached hydrogens (tertiary/aromatic N) is 3. The maximum atomic E-state index is 12.4. The van der Waals surface area contributed by atoms with Gasteiger partial charge in [0.25, 0.3) is 15.9 Å². The molecule has 10 heteroatoms. The zero-order chi connectivity index (χ0) is 18.6. The number of aryl methyl sites for hydroxylation is 1. The molecule has 2 N–H and O–H groups in total. The largest absolute Gasteiger partial charge is 0.322 e. The molecule has 0 aliphatic rings. The van der Waals surface area contributed by atoms with Gasteiger partial charge < -0.3 is 5.32 Å².